The van der Waals surface area contributed by atoms with E-state index < -0.39 is 23.7 Å². The summed E-state index contributed by atoms with van der Waals surface area (Å²) in [5, 5.41) is 9.71. The standard InChI is InChI=1S/C17H21NO5/c1-17(2,3)23-16(21)18-8-10-9-22-12-7-5-4-6-11(12)13(10)14(18)15(19)20/h4-7,10,13-14H,8-9H2,1-3H3,(H,19,20)/t10-,13-,14+/m1/s1. The van der Waals surface area contributed by atoms with Gasteiger partial charge in [-0.15, -0.1) is 0 Å². The number of carbonyl (C=O) groups excluding carboxylic acids is 1. The van der Waals surface area contributed by atoms with E-state index >= 15 is 0 Å². The predicted molar refractivity (Wildman–Crippen MR) is 82.5 cm³/mol. The summed E-state index contributed by atoms with van der Waals surface area (Å²) in [5.41, 5.74) is 0.185. The van der Waals surface area contributed by atoms with Crippen molar-refractivity contribution >= 4 is 12.1 Å². The molecule has 0 aliphatic carbocycles. The Bertz CT molecular complexity index is 636. The third kappa shape index (κ3) is 2.85. The van der Waals surface area contributed by atoms with Crippen molar-refractivity contribution in [3.63, 3.8) is 0 Å². The van der Waals surface area contributed by atoms with Crippen LogP contribution in [0.25, 0.3) is 0 Å². The number of ether oxygens (including phenoxy) is 2. The second kappa shape index (κ2) is 5.44. The van der Waals surface area contributed by atoms with Crippen LogP contribution in [0.3, 0.4) is 0 Å². The van der Waals surface area contributed by atoms with Gasteiger partial charge in [-0.1, -0.05) is 18.2 Å². The van der Waals surface area contributed by atoms with Crippen molar-refractivity contribution in [3.05, 3.63) is 29.8 Å². The van der Waals surface area contributed by atoms with Gasteiger partial charge in [0.05, 0.1) is 6.61 Å². The lowest BCUT2D eigenvalue weighted by atomic mass is 9.82. The van der Waals surface area contributed by atoms with E-state index in [1.54, 1.807) is 20.8 Å². The number of hydrogen-bond donors (Lipinski definition) is 1. The van der Waals surface area contributed by atoms with Crippen LogP contribution in [0, 0.1) is 5.92 Å². The fraction of sp³-hybridized carbons (Fsp3) is 0.529. The maximum absolute atomic E-state index is 12.4. The largest absolute Gasteiger partial charge is 0.493 e. The van der Waals surface area contributed by atoms with E-state index in [4.69, 9.17) is 9.47 Å². The molecular formula is C17H21NO5. The maximum Gasteiger partial charge on any atom is 0.411 e. The van der Waals surface area contributed by atoms with Crippen LogP contribution in [0.4, 0.5) is 4.79 Å². The summed E-state index contributed by atoms with van der Waals surface area (Å²) in [6.45, 7) is 6.03. The van der Waals surface area contributed by atoms with Gasteiger partial charge >= 0.3 is 12.1 Å². The van der Waals surface area contributed by atoms with Crippen molar-refractivity contribution < 1.29 is 24.2 Å². The molecule has 1 aromatic carbocycles. The van der Waals surface area contributed by atoms with Crippen LogP contribution in [-0.4, -0.2) is 46.9 Å². The summed E-state index contributed by atoms with van der Waals surface area (Å²) >= 11 is 0. The lowest BCUT2D eigenvalue weighted by Crippen LogP contribution is -2.45. The Balaban J connectivity index is 1.94. The number of fused-ring (bicyclic) bond motifs is 3. The van der Waals surface area contributed by atoms with Crippen LogP contribution in [0.15, 0.2) is 24.3 Å². The minimum absolute atomic E-state index is 0.0430. The van der Waals surface area contributed by atoms with Crippen molar-refractivity contribution in [2.24, 2.45) is 5.92 Å². The van der Waals surface area contributed by atoms with Gasteiger partial charge in [0.2, 0.25) is 0 Å². The summed E-state index contributed by atoms with van der Waals surface area (Å²) in [6, 6.07) is 6.50. The number of aliphatic carboxylic acids is 1. The summed E-state index contributed by atoms with van der Waals surface area (Å²) < 4.78 is 11.1. The summed E-state index contributed by atoms with van der Waals surface area (Å²) in [7, 11) is 0. The number of hydrogen-bond acceptors (Lipinski definition) is 4. The zero-order valence-corrected chi connectivity index (χ0v) is 13.5. The average molecular weight is 319 g/mol. The van der Waals surface area contributed by atoms with Crippen molar-refractivity contribution in [1.82, 2.24) is 4.90 Å². The molecule has 2 aliphatic heterocycles. The smallest absolute Gasteiger partial charge is 0.411 e. The van der Waals surface area contributed by atoms with Gasteiger partial charge < -0.3 is 14.6 Å². The molecule has 1 aromatic rings. The van der Waals surface area contributed by atoms with Crippen LogP contribution in [0.2, 0.25) is 0 Å². The third-order valence-corrected chi connectivity index (χ3v) is 4.23. The summed E-state index contributed by atoms with van der Waals surface area (Å²) in [4.78, 5) is 25.6. The molecule has 0 unspecified atom stereocenters. The molecule has 2 aliphatic rings. The minimum atomic E-state index is -1.01. The van der Waals surface area contributed by atoms with E-state index in [0.29, 0.717) is 18.9 Å². The molecule has 1 N–H and O–H groups in total. The molecule has 23 heavy (non-hydrogen) atoms. The topological polar surface area (TPSA) is 76.1 Å². The molecule has 0 aromatic heterocycles. The highest BCUT2D eigenvalue weighted by Crippen LogP contribution is 2.45. The minimum Gasteiger partial charge on any atom is -0.493 e. The second-order valence-electron chi connectivity index (χ2n) is 7.05. The number of para-hydroxylation sites is 1. The third-order valence-electron chi connectivity index (χ3n) is 4.23. The Kier molecular flexibility index (Phi) is 3.70. The number of nitrogens with zero attached hydrogens (tertiary/aromatic N) is 1. The molecule has 0 bridgehead atoms. The molecule has 6 nitrogen and oxygen atoms in total. The maximum atomic E-state index is 12.4. The van der Waals surface area contributed by atoms with E-state index in [1.807, 2.05) is 24.3 Å². The molecular weight excluding hydrogens is 298 g/mol. The van der Waals surface area contributed by atoms with Gasteiger partial charge in [0, 0.05) is 23.9 Å². The van der Waals surface area contributed by atoms with Gasteiger partial charge in [-0.2, -0.15) is 0 Å². The number of carbonyl (C=O) groups is 2. The van der Waals surface area contributed by atoms with Crippen LogP contribution in [0.1, 0.15) is 32.3 Å². The van der Waals surface area contributed by atoms with Crippen molar-refractivity contribution in [1.29, 1.82) is 0 Å². The van der Waals surface area contributed by atoms with E-state index in [-0.39, 0.29) is 11.8 Å². The molecule has 124 valence electrons. The average Bonchev–Trinajstić information content (AvgIpc) is 2.85. The first-order chi connectivity index (χ1) is 10.8. The SMILES string of the molecule is CC(C)(C)OC(=O)N1C[C@@H]2COc3ccccc3[C@@H]2[C@H]1C(=O)O. The van der Waals surface area contributed by atoms with Gasteiger partial charge in [0.15, 0.2) is 0 Å². The number of likely N-dealkylation sites (tertiary alicyclic amines) is 1. The highest BCUT2D eigenvalue weighted by molar-refractivity contribution is 5.82. The van der Waals surface area contributed by atoms with E-state index in [9.17, 15) is 14.7 Å². The molecule has 3 rings (SSSR count). The van der Waals surface area contributed by atoms with E-state index in [0.717, 1.165) is 5.56 Å². The Morgan fingerprint density at radius 3 is 2.65 bits per heavy atom. The molecule has 1 saturated heterocycles. The van der Waals surface area contributed by atoms with Gasteiger partial charge in [-0.25, -0.2) is 9.59 Å². The summed E-state index contributed by atoms with van der Waals surface area (Å²) in [5.74, 6) is -0.630. The van der Waals surface area contributed by atoms with Gasteiger partial charge in [-0.3, -0.25) is 4.90 Å². The van der Waals surface area contributed by atoms with Crippen LogP contribution < -0.4 is 4.74 Å². The normalized spacial score (nSPS) is 26.0. The van der Waals surface area contributed by atoms with Gasteiger partial charge in [0.1, 0.15) is 17.4 Å². The Morgan fingerprint density at radius 1 is 1.30 bits per heavy atom. The molecule has 0 saturated carbocycles. The van der Waals surface area contributed by atoms with E-state index in [1.165, 1.54) is 4.90 Å². The first kappa shape index (κ1) is 15.6. The predicted octanol–water partition coefficient (Wildman–Crippen LogP) is 2.48. The quantitative estimate of drug-likeness (QED) is 0.860. The molecule has 6 heteroatoms. The Labute approximate surface area is 135 Å². The first-order valence-corrected chi connectivity index (χ1v) is 7.72. The Hall–Kier alpha value is -2.24. The molecule has 2 heterocycles. The highest BCUT2D eigenvalue weighted by Gasteiger charge is 2.52. The number of benzene rings is 1. The van der Waals surface area contributed by atoms with Gasteiger partial charge in [0.25, 0.3) is 0 Å². The molecule has 0 spiro atoms. The van der Waals surface area contributed by atoms with Crippen LogP contribution in [-0.2, 0) is 9.53 Å². The fourth-order valence-electron chi connectivity index (χ4n) is 3.39. The summed E-state index contributed by atoms with van der Waals surface area (Å²) in [6.07, 6.45) is -0.586. The Morgan fingerprint density at radius 2 is 2.00 bits per heavy atom. The zero-order chi connectivity index (χ0) is 16.8. The molecule has 0 radical (unpaired) electrons. The van der Waals surface area contributed by atoms with Crippen molar-refractivity contribution in [2.45, 2.75) is 38.3 Å². The van der Waals surface area contributed by atoms with Gasteiger partial charge in [-0.05, 0) is 26.8 Å². The van der Waals surface area contributed by atoms with Crippen molar-refractivity contribution in [3.8, 4) is 5.75 Å². The first-order valence-electron chi connectivity index (χ1n) is 7.72. The van der Waals surface area contributed by atoms with Crippen LogP contribution >= 0.6 is 0 Å². The fourth-order valence-corrected chi connectivity index (χ4v) is 3.39. The van der Waals surface area contributed by atoms with E-state index in [2.05, 4.69) is 0 Å². The lowest BCUT2D eigenvalue weighted by Gasteiger charge is -2.30. The number of carboxylic acids is 1. The highest BCUT2D eigenvalue weighted by atomic mass is 16.6. The zero-order valence-electron chi connectivity index (χ0n) is 13.5. The molecule has 1 amide bonds. The molecule has 1 fully saturated rings. The van der Waals surface area contributed by atoms with Crippen LogP contribution in [0.5, 0.6) is 5.75 Å². The molecule has 3 atom stereocenters. The number of rotatable bonds is 1. The van der Waals surface area contributed by atoms with Crippen molar-refractivity contribution in [2.75, 3.05) is 13.2 Å². The number of amides is 1. The monoisotopic (exact) mass is 319 g/mol. The number of carboxylic acid groups (broad SMARTS) is 1. The second-order valence-corrected chi connectivity index (χ2v) is 7.05. The lowest BCUT2D eigenvalue weighted by molar-refractivity contribution is -0.142.